The summed E-state index contributed by atoms with van der Waals surface area (Å²) in [5, 5.41) is 23.0. The van der Waals surface area contributed by atoms with Crippen molar-refractivity contribution >= 4 is 35.7 Å². The summed E-state index contributed by atoms with van der Waals surface area (Å²) in [5.41, 5.74) is 6.35. The minimum atomic E-state index is -5.07. The van der Waals surface area contributed by atoms with E-state index in [2.05, 4.69) is 14.5 Å². The minimum absolute atomic E-state index is 0.0847. The Labute approximate surface area is 197 Å². The first kappa shape index (κ1) is 23.6. The van der Waals surface area contributed by atoms with Crippen molar-refractivity contribution in [1.29, 1.82) is 0 Å². The van der Waals surface area contributed by atoms with Crippen molar-refractivity contribution in [3.8, 4) is 0 Å². The van der Waals surface area contributed by atoms with E-state index in [4.69, 9.17) is 15.4 Å². The Morgan fingerprint density at radius 3 is 2.71 bits per heavy atom. The second-order valence-electron chi connectivity index (χ2n) is 8.27. The Balaban J connectivity index is 1.54. The van der Waals surface area contributed by atoms with Crippen molar-refractivity contribution in [2.45, 2.75) is 31.1 Å². The van der Waals surface area contributed by atoms with Crippen LogP contribution in [0.1, 0.15) is 11.8 Å². The normalized spacial score (nSPS) is 24.2. The number of benzene rings is 2. The smallest absolute Gasteiger partial charge is 0.313 e. The van der Waals surface area contributed by atoms with Crippen LogP contribution < -0.4 is 20.8 Å². The number of H-pyrrole nitrogens is 1. The van der Waals surface area contributed by atoms with E-state index in [1.807, 2.05) is 42.5 Å². The van der Waals surface area contributed by atoms with Crippen LogP contribution in [-0.4, -0.2) is 54.6 Å². The maximum atomic E-state index is 12.8. The number of ether oxygens (including phenoxy) is 1. The lowest BCUT2D eigenvalue weighted by atomic mass is 10.1. The Bertz CT molecular complexity index is 1510. The number of phosphoric ester groups is 1. The Hall–Kier alpha value is -3.16. The fourth-order valence-corrected chi connectivity index (χ4v) is 4.61. The number of aliphatic hydroxyl groups is 2. The molecule has 5 rings (SSSR count). The first-order valence-corrected chi connectivity index (χ1v) is 12.1. The van der Waals surface area contributed by atoms with Gasteiger partial charge in [-0.05, 0) is 22.4 Å². The number of hydrogen-bond acceptors (Lipinski definition) is 9. The fourth-order valence-electron chi connectivity index (χ4n) is 4.28. The number of rotatable bonds is 6. The predicted molar refractivity (Wildman–Crippen MR) is 120 cm³/mol. The molecule has 5 atom stereocenters. The van der Waals surface area contributed by atoms with E-state index in [1.54, 1.807) is 4.57 Å². The number of aliphatic hydroxyl groups excluding tert-OH is 2. The number of nitrogens with two attached hydrogens (primary N) is 1. The molecular weight excluding hydrogens is 481 g/mol. The quantitative estimate of drug-likeness (QED) is 0.159. The van der Waals surface area contributed by atoms with Crippen molar-refractivity contribution in [2.24, 2.45) is 0 Å². The van der Waals surface area contributed by atoms with Crippen LogP contribution in [0, 0.1) is 0 Å². The lowest BCUT2D eigenvalue weighted by Crippen LogP contribution is -2.46. The Morgan fingerprint density at radius 2 is 1.97 bits per heavy atom. The topological polar surface area (TPSA) is 200 Å². The van der Waals surface area contributed by atoms with Crippen LogP contribution in [0.15, 0.2) is 53.6 Å². The van der Waals surface area contributed by atoms with Crippen LogP contribution in [0.5, 0.6) is 0 Å². The van der Waals surface area contributed by atoms with Crippen LogP contribution in [0.4, 0.5) is 5.95 Å². The highest BCUT2D eigenvalue weighted by Crippen LogP contribution is 2.34. The van der Waals surface area contributed by atoms with Gasteiger partial charge in [0.15, 0.2) is 6.33 Å². The third kappa shape index (κ3) is 4.58. The molecule has 13 nitrogen and oxygen atoms in total. The average Bonchev–Trinajstić information content (AvgIpc) is 3.29. The number of hydrogen-bond donors (Lipinski definition) is 5. The predicted octanol–water partition coefficient (Wildman–Crippen LogP) is -1.11. The molecule has 184 valence electrons. The van der Waals surface area contributed by atoms with Crippen LogP contribution in [0.2, 0.25) is 0 Å². The summed E-state index contributed by atoms with van der Waals surface area (Å²) >= 11 is 0. The SMILES string of the molecule is Nc1nc2c(c(=O)[nH]1)n(Cc1ccc3ccccc3c1)c[n+]2[C@@H]1O[C@H](COP(=O)([O-])O)[C@@H](O)[C@H]1O. The van der Waals surface area contributed by atoms with Crippen LogP contribution in [0.3, 0.4) is 0 Å². The van der Waals surface area contributed by atoms with Crippen molar-refractivity contribution in [1.82, 2.24) is 14.5 Å². The molecule has 1 fully saturated rings. The van der Waals surface area contributed by atoms with Crippen LogP contribution >= 0.6 is 7.82 Å². The zero-order valence-electron chi connectivity index (χ0n) is 18.1. The number of nitrogens with zero attached hydrogens (tertiary/aromatic N) is 3. The van der Waals surface area contributed by atoms with Gasteiger partial charge in [-0.3, -0.25) is 18.9 Å². The molecule has 0 radical (unpaired) electrons. The molecule has 2 aromatic carbocycles. The molecule has 2 aromatic heterocycles. The number of aromatic amines is 1. The van der Waals surface area contributed by atoms with Gasteiger partial charge in [0, 0.05) is 0 Å². The fraction of sp³-hybridized carbons (Fsp3) is 0.286. The molecule has 3 heterocycles. The lowest BCUT2D eigenvalue weighted by Gasteiger charge is -2.19. The molecular formula is C21H22N5O8P. The van der Waals surface area contributed by atoms with Gasteiger partial charge in [-0.1, -0.05) is 41.4 Å². The van der Waals surface area contributed by atoms with Gasteiger partial charge >= 0.3 is 5.65 Å². The van der Waals surface area contributed by atoms with Gasteiger partial charge in [0.25, 0.3) is 19.3 Å². The first-order valence-electron chi connectivity index (χ1n) is 10.6. The molecule has 1 aliphatic rings. The number of anilines is 1. The monoisotopic (exact) mass is 503 g/mol. The van der Waals surface area contributed by atoms with Gasteiger partial charge in [-0.15, -0.1) is 0 Å². The minimum Gasteiger partial charge on any atom is -0.756 e. The van der Waals surface area contributed by atoms with Crippen LogP contribution in [0.25, 0.3) is 21.9 Å². The maximum absolute atomic E-state index is 12.8. The highest BCUT2D eigenvalue weighted by Gasteiger charge is 2.47. The molecule has 1 saturated heterocycles. The average molecular weight is 503 g/mol. The zero-order valence-corrected chi connectivity index (χ0v) is 19.0. The lowest BCUT2D eigenvalue weighted by molar-refractivity contribution is -0.745. The van der Waals surface area contributed by atoms with Crippen LogP contribution in [-0.2, 0) is 20.4 Å². The molecule has 6 N–H and O–H groups in total. The van der Waals surface area contributed by atoms with E-state index in [9.17, 15) is 24.5 Å². The van der Waals surface area contributed by atoms with E-state index in [0.29, 0.717) is 0 Å². The largest absolute Gasteiger partial charge is 0.756 e. The molecule has 0 bridgehead atoms. The Kier molecular flexibility index (Phi) is 5.93. The number of imidazole rings is 1. The molecule has 1 aliphatic heterocycles. The number of aromatic nitrogens is 4. The summed E-state index contributed by atoms with van der Waals surface area (Å²) in [5.74, 6) is -0.166. The van der Waals surface area contributed by atoms with Gasteiger partial charge < -0.3 is 35.0 Å². The molecule has 0 spiro atoms. The van der Waals surface area contributed by atoms with E-state index < -0.39 is 44.5 Å². The summed E-state index contributed by atoms with van der Waals surface area (Å²) in [6.45, 7) is -0.455. The van der Waals surface area contributed by atoms with E-state index in [0.717, 1.165) is 16.3 Å². The molecule has 0 amide bonds. The molecule has 1 unspecified atom stereocenters. The van der Waals surface area contributed by atoms with Crippen molar-refractivity contribution in [3.05, 3.63) is 64.7 Å². The number of nitrogens with one attached hydrogen (secondary N) is 1. The standard InChI is InChI=1S/C21H22N5O8P/c22-21-23-18-15(19(29)24-21)25(8-11-5-6-12-3-1-2-4-13(12)7-11)10-26(18)20-17(28)16(27)14(34-20)9-33-35(30,31)32/h1-7,10,14,16-17,20,27-28H,8-9H2,(H4-,22,23,24,29,30,31,32)/t14-,16-,17-,20-/m1/s1. The number of nitrogen functional groups attached to an aromatic ring is 1. The van der Waals surface area contributed by atoms with Crippen molar-refractivity contribution in [2.75, 3.05) is 12.3 Å². The Morgan fingerprint density at radius 1 is 1.23 bits per heavy atom. The highest BCUT2D eigenvalue weighted by molar-refractivity contribution is 7.44. The van der Waals surface area contributed by atoms with Gasteiger partial charge in [-0.25, -0.2) is 4.57 Å². The molecule has 14 heteroatoms. The van der Waals surface area contributed by atoms with E-state index in [1.165, 1.54) is 10.9 Å². The molecule has 35 heavy (non-hydrogen) atoms. The second kappa shape index (κ2) is 8.81. The zero-order chi connectivity index (χ0) is 24.9. The molecule has 0 aliphatic carbocycles. The third-order valence-electron chi connectivity index (χ3n) is 5.87. The third-order valence-corrected chi connectivity index (χ3v) is 6.35. The number of phosphoric acid groups is 1. The van der Waals surface area contributed by atoms with Crippen molar-refractivity contribution < 1.29 is 38.4 Å². The van der Waals surface area contributed by atoms with E-state index in [-0.39, 0.29) is 23.7 Å². The summed E-state index contributed by atoms with van der Waals surface area (Å²) in [6.07, 6.45) is -4.11. The molecule has 0 saturated carbocycles. The van der Waals surface area contributed by atoms with Gasteiger partial charge in [-0.2, -0.15) is 0 Å². The summed E-state index contributed by atoms with van der Waals surface area (Å²) < 4.78 is 23.8. The van der Waals surface area contributed by atoms with E-state index >= 15 is 0 Å². The summed E-state index contributed by atoms with van der Waals surface area (Å²) in [6, 6.07) is 13.7. The second-order valence-corrected chi connectivity index (χ2v) is 9.46. The van der Waals surface area contributed by atoms with Gasteiger partial charge in [0.2, 0.25) is 11.7 Å². The summed E-state index contributed by atoms with van der Waals surface area (Å²) in [7, 11) is -5.07. The van der Waals surface area contributed by atoms with Gasteiger partial charge in [0.1, 0.15) is 18.3 Å². The summed E-state index contributed by atoms with van der Waals surface area (Å²) in [4.78, 5) is 39.2. The number of fused-ring (bicyclic) bond motifs is 2. The maximum Gasteiger partial charge on any atom is 0.313 e. The van der Waals surface area contributed by atoms with Gasteiger partial charge in [0.05, 0.1) is 13.2 Å². The van der Waals surface area contributed by atoms with Crippen molar-refractivity contribution in [3.63, 3.8) is 0 Å². The highest BCUT2D eigenvalue weighted by atomic mass is 31.2. The first-order chi connectivity index (χ1) is 16.6. The molecule has 4 aromatic rings.